The molecular weight excluding hydrogens is 172 g/mol. The van der Waals surface area contributed by atoms with Crippen LogP contribution in [0.4, 0.5) is 4.79 Å². The first kappa shape index (κ1) is 8.22. The third-order valence-corrected chi connectivity index (χ3v) is 2.35. The van der Waals surface area contributed by atoms with E-state index in [-0.39, 0.29) is 18.4 Å². The maximum absolute atomic E-state index is 11.4. The van der Waals surface area contributed by atoms with E-state index in [9.17, 15) is 14.4 Å². The molecule has 2 fully saturated rings. The molecule has 70 valence electrons. The molecule has 1 heterocycles. The van der Waals surface area contributed by atoms with Gasteiger partial charge in [-0.1, -0.05) is 0 Å². The molecule has 0 aromatic heterocycles. The third kappa shape index (κ3) is 1.20. The van der Waals surface area contributed by atoms with Gasteiger partial charge < -0.3 is 0 Å². The van der Waals surface area contributed by atoms with Crippen LogP contribution in [0.1, 0.15) is 19.3 Å². The number of hydrogen-bond donors (Lipinski definition) is 0. The van der Waals surface area contributed by atoms with E-state index in [0.29, 0.717) is 0 Å². The van der Waals surface area contributed by atoms with Crippen molar-refractivity contribution in [3.8, 4) is 0 Å². The van der Waals surface area contributed by atoms with Gasteiger partial charge in [-0.3, -0.25) is 19.4 Å². The molecule has 2 aliphatic rings. The van der Waals surface area contributed by atoms with Crippen LogP contribution in [0, 0.1) is 0 Å². The van der Waals surface area contributed by atoms with Crippen LogP contribution in [0.2, 0.25) is 0 Å². The van der Waals surface area contributed by atoms with Gasteiger partial charge >= 0.3 is 6.03 Å². The highest BCUT2D eigenvalue weighted by atomic mass is 16.2. The van der Waals surface area contributed by atoms with Crippen molar-refractivity contribution in [2.75, 3.05) is 7.05 Å². The molecule has 5 heteroatoms. The fourth-order valence-electron chi connectivity index (χ4n) is 1.40. The Kier molecular flexibility index (Phi) is 1.61. The summed E-state index contributed by atoms with van der Waals surface area (Å²) in [5.41, 5.74) is 0. The van der Waals surface area contributed by atoms with E-state index in [0.717, 1.165) is 17.7 Å². The van der Waals surface area contributed by atoms with Crippen molar-refractivity contribution < 1.29 is 14.4 Å². The molecule has 0 unspecified atom stereocenters. The predicted molar refractivity (Wildman–Crippen MR) is 42.7 cm³/mol. The van der Waals surface area contributed by atoms with E-state index in [1.165, 1.54) is 11.9 Å². The zero-order valence-electron chi connectivity index (χ0n) is 7.32. The van der Waals surface area contributed by atoms with Gasteiger partial charge in [-0.2, -0.15) is 0 Å². The first-order valence-corrected chi connectivity index (χ1v) is 4.24. The van der Waals surface area contributed by atoms with Crippen LogP contribution in [-0.4, -0.2) is 40.7 Å². The average Bonchev–Trinajstić information content (AvgIpc) is 2.84. The number of imide groups is 2. The highest BCUT2D eigenvalue weighted by Gasteiger charge is 2.43. The molecular formula is C8H10N2O3. The zero-order valence-corrected chi connectivity index (χ0v) is 7.32. The highest BCUT2D eigenvalue weighted by Crippen LogP contribution is 2.30. The van der Waals surface area contributed by atoms with Crippen molar-refractivity contribution in [2.45, 2.75) is 25.3 Å². The van der Waals surface area contributed by atoms with Crippen molar-refractivity contribution in [1.29, 1.82) is 0 Å². The lowest BCUT2D eigenvalue weighted by molar-refractivity contribution is -0.141. The molecule has 0 atom stereocenters. The van der Waals surface area contributed by atoms with E-state index in [4.69, 9.17) is 0 Å². The summed E-state index contributed by atoms with van der Waals surface area (Å²) in [6, 6.07) is -0.417. The molecule has 5 nitrogen and oxygen atoms in total. The van der Waals surface area contributed by atoms with Crippen LogP contribution in [-0.2, 0) is 9.59 Å². The summed E-state index contributed by atoms with van der Waals surface area (Å²) in [6.07, 6.45) is 1.58. The van der Waals surface area contributed by atoms with Gasteiger partial charge in [-0.05, 0) is 12.8 Å². The van der Waals surface area contributed by atoms with Gasteiger partial charge in [0.05, 0.1) is 0 Å². The number of carbonyl (C=O) groups is 3. The minimum absolute atomic E-state index is 0.0514. The number of urea groups is 1. The first-order chi connectivity index (χ1) is 6.11. The second kappa shape index (κ2) is 2.55. The summed E-state index contributed by atoms with van der Waals surface area (Å²) in [4.78, 5) is 36.0. The fourth-order valence-corrected chi connectivity index (χ4v) is 1.40. The topological polar surface area (TPSA) is 57.7 Å². The molecule has 13 heavy (non-hydrogen) atoms. The van der Waals surface area contributed by atoms with Gasteiger partial charge in [0.15, 0.2) is 0 Å². The van der Waals surface area contributed by atoms with Gasteiger partial charge in [-0.15, -0.1) is 0 Å². The van der Waals surface area contributed by atoms with Gasteiger partial charge in [0.1, 0.15) is 6.42 Å². The minimum atomic E-state index is -0.469. The van der Waals surface area contributed by atoms with Crippen LogP contribution >= 0.6 is 0 Å². The van der Waals surface area contributed by atoms with Gasteiger partial charge in [-0.25, -0.2) is 4.79 Å². The molecule has 0 bridgehead atoms. The zero-order chi connectivity index (χ0) is 9.59. The molecule has 0 aromatic carbocycles. The molecule has 4 amide bonds. The maximum atomic E-state index is 11.4. The summed E-state index contributed by atoms with van der Waals surface area (Å²) in [6.45, 7) is 0. The highest BCUT2D eigenvalue weighted by molar-refractivity contribution is 6.14. The standard InChI is InChI=1S/C8H10N2O3/c1-9-6(11)4-7(12)10(8(9)13)5-2-3-5/h5H,2-4H2,1H3. The van der Waals surface area contributed by atoms with Crippen LogP contribution in [0.5, 0.6) is 0 Å². The maximum Gasteiger partial charge on any atom is 0.333 e. The van der Waals surface area contributed by atoms with E-state index in [1.807, 2.05) is 0 Å². The summed E-state index contributed by atoms with van der Waals surface area (Å²) >= 11 is 0. The largest absolute Gasteiger partial charge is 0.333 e. The Morgan fingerprint density at radius 1 is 1.15 bits per heavy atom. The quantitative estimate of drug-likeness (QED) is 0.534. The summed E-state index contributed by atoms with van der Waals surface area (Å²) in [5, 5.41) is 0. The summed E-state index contributed by atoms with van der Waals surface area (Å²) in [7, 11) is 1.41. The number of amides is 4. The molecule has 1 saturated carbocycles. The van der Waals surface area contributed by atoms with Crippen molar-refractivity contribution in [1.82, 2.24) is 9.80 Å². The third-order valence-electron chi connectivity index (χ3n) is 2.35. The number of hydrogen-bond acceptors (Lipinski definition) is 3. The molecule has 1 aliphatic heterocycles. The molecule has 1 aliphatic carbocycles. The molecule has 0 radical (unpaired) electrons. The van der Waals surface area contributed by atoms with E-state index < -0.39 is 11.9 Å². The van der Waals surface area contributed by atoms with Crippen molar-refractivity contribution >= 4 is 17.8 Å². The number of carbonyl (C=O) groups excluding carboxylic acids is 3. The minimum Gasteiger partial charge on any atom is -0.274 e. The van der Waals surface area contributed by atoms with Crippen molar-refractivity contribution in [3.63, 3.8) is 0 Å². The fraction of sp³-hybridized carbons (Fsp3) is 0.625. The lowest BCUT2D eigenvalue weighted by atomic mass is 10.2. The Hall–Kier alpha value is -1.39. The number of nitrogens with zero attached hydrogens (tertiary/aromatic N) is 2. The summed E-state index contributed by atoms with van der Waals surface area (Å²) in [5.74, 6) is -0.762. The Bertz CT molecular complexity index is 296. The van der Waals surface area contributed by atoms with Crippen LogP contribution in [0.25, 0.3) is 0 Å². The van der Waals surface area contributed by atoms with Gasteiger partial charge in [0.25, 0.3) is 0 Å². The van der Waals surface area contributed by atoms with Crippen LogP contribution < -0.4 is 0 Å². The van der Waals surface area contributed by atoms with Gasteiger partial charge in [0, 0.05) is 13.1 Å². The number of barbiturate groups is 1. The Balaban J connectivity index is 2.22. The van der Waals surface area contributed by atoms with E-state index in [1.54, 1.807) is 0 Å². The average molecular weight is 182 g/mol. The second-order valence-electron chi connectivity index (χ2n) is 3.41. The number of rotatable bonds is 1. The summed E-state index contributed by atoms with van der Waals surface area (Å²) < 4.78 is 0. The lowest BCUT2D eigenvalue weighted by Gasteiger charge is -2.30. The second-order valence-corrected chi connectivity index (χ2v) is 3.41. The monoisotopic (exact) mass is 182 g/mol. The predicted octanol–water partition coefficient (Wildman–Crippen LogP) is -0.0405. The normalized spacial score (nSPS) is 24.2. The smallest absolute Gasteiger partial charge is 0.274 e. The Morgan fingerprint density at radius 3 is 2.31 bits per heavy atom. The first-order valence-electron chi connectivity index (χ1n) is 4.24. The van der Waals surface area contributed by atoms with Crippen molar-refractivity contribution in [3.05, 3.63) is 0 Å². The lowest BCUT2D eigenvalue weighted by Crippen LogP contribution is -2.54. The van der Waals surface area contributed by atoms with Crippen LogP contribution in [0.15, 0.2) is 0 Å². The molecule has 0 spiro atoms. The van der Waals surface area contributed by atoms with E-state index in [2.05, 4.69) is 0 Å². The molecule has 2 rings (SSSR count). The molecule has 0 aromatic rings. The van der Waals surface area contributed by atoms with Gasteiger partial charge in [0.2, 0.25) is 11.8 Å². The SMILES string of the molecule is CN1C(=O)CC(=O)N(C2CC2)C1=O. The van der Waals surface area contributed by atoms with Crippen LogP contribution in [0.3, 0.4) is 0 Å². The molecule has 1 saturated heterocycles. The van der Waals surface area contributed by atoms with E-state index >= 15 is 0 Å². The van der Waals surface area contributed by atoms with Crippen molar-refractivity contribution in [2.24, 2.45) is 0 Å². The molecule has 0 N–H and O–H groups in total. The Morgan fingerprint density at radius 2 is 1.77 bits per heavy atom. The Labute approximate surface area is 75.3 Å².